The molecule has 1 unspecified atom stereocenters. The number of carbonyl (C=O) groups excluding carboxylic acids is 1. The smallest absolute Gasteiger partial charge is 0.306 e. The van der Waals surface area contributed by atoms with Crippen LogP contribution < -0.4 is 0 Å². The summed E-state index contributed by atoms with van der Waals surface area (Å²) < 4.78 is 5.34. The lowest BCUT2D eigenvalue weighted by molar-refractivity contribution is -0.161. The van der Waals surface area contributed by atoms with Crippen molar-refractivity contribution >= 4 is 11.9 Å². The highest BCUT2D eigenvalue weighted by Crippen LogP contribution is 2.23. The van der Waals surface area contributed by atoms with E-state index in [1.165, 1.54) is 0 Å². The summed E-state index contributed by atoms with van der Waals surface area (Å²) in [5, 5.41) is 8.45. The van der Waals surface area contributed by atoms with Gasteiger partial charge in [0.2, 0.25) is 0 Å². The fourth-order valence-electron chi connectivity index (χ4n) is 1.39. The predicted octanol–water partition coefficient (Wildman–Crippen LogP) is 2.75. The molecule has 1 atom stereocenters. The fraction of sp³-hybridized carbons (Fsp3) is 0.833. The first-order valence-electron chi connectivity index (χ1n) is 5.87. The van der Waals surface area contributed by atoms with Crippen LogP contribution in [0.5, 0.6) is 0 Å². The molecule has 1 N–H and O–H groups in total. The molecule has 0 aliphatic carbocycles. The Morgan fingerprint density at radius 2 is 1.88 bits per heavy atom. The van der Waals surface area contributed by atoms with E-state index in [0.29, 0.717) is 0 Å². The van der Waals surface area contributed by atoms with Crippen LogP contribution in [0.1, 0.15) is 59.3 Å². The quantitative estimate of drug-likeness (QED) is 0.651. The second-order valence-electron chi connectivity index (χ2n) is 4.27. The topological polar surface area (TPSA) is 63.6 Å². The largest absolute Gasteiger partial charge is 0.481 e. The van der Waals surface area contributed by atoms with Crippen LogP contribution in [0.3, 0.4) is 0 Å². The minimum Gasteiger partial charge on any atom is -0.481 e. The molecule has 0 aromatic carbocycles. The Labute approximate surface area is 97.0 Å². The minimum atomic E-state index is -0.969. The van der Waals surface area contributed by atoms with Crippen LogP contribution in [-0.4, -0.2) is 22.6 Å². The van der Waals surface area contributed by atoms with Gasteiger partial charge in [0.15, 0.2) is 0 Å². The molecule has 0 aliphatic heterocycles. The van der Waals surface area contributed by atoms with E-state index in [0.717, 1.165) is 25.7 Å². The molecule has 0 aromatic heterocycles. The van der Waals surface area contributed by atoms with Crippen molar-refractivity contribution in [3.05, 3.63) is 0 Å². The van der Waals surface area contributed by atoms with Gasteiger partial charge in [-0.15, -0.1) is 0 Å². The lowest BCUT2D eigenvalue weighted by atomic mass is 9.96. The third-order valence-corrected chi connectivity index (χ3v) is 2.71. The van der Waals surface area contributed by atoms with Crippen LogP contribution in [0.4, 0.5) is 0 Å². The average Bonchev–Trinajstić information content (AvgIpc) is 2.23. The highest BCUT2D eigenvalue weighted by Gasteiger charge is 2.26. The van der Waals surface area contributed by atoms with Crippen LogP contribution in [0, 0.1) is 0 Å². The second-order valence-corrected chi connectivity index (χ2v) is 4.27. The van der Waals surface area contributed by atoms with Gasteiger partial charge in [-0.05, 0) is 26.2 Å². The van der Waals surface area contributed by atoms with E-state index >= 15 is 0 Å². The van der Waals surface area contributed by atoms with E-state index in [9.17, 15) is 9.59 Å². The van der Waals surface area contributed by atoms with Crippen molar-refractivity contribution in [2.24, 2.45) is 0 Å². The number of hydrogen-bond acceptors (Lipinski definition) is 3. The van der Waals surface area contributed by atoms with Crippen molar-refractivity contribution in [2.75, 3.05) is 0 Å². The van der Waals surface area contributed by atoms with Crippen molar-refractivity contribution in [3.63, 3.8) is 0 Å². The van der Waals surface area contributed by atoms with Crippen molar-refractivity contribution < 1.29 is 19.4 Å². The first-order valence-corrected chi connectivity index (χ1v) is 5.87. The number of unbranched alkanes of at least 4 members (excludes halogenated alkanes) is 1. The molecular formula is C12H22O4. The predicted molar refractivity (Wildman–Crippen MR) is 61.2 cm³/mol. The van der Waals surface area contributed by atoms with Gasteiger partial charge in [0, 0.05) is 0 Å². The second kappa shape index (κ2) is 7.25. The van der Waals surface area contributed by atoms with E-state index in [2.05, 4.69) is 6.92 Å². The number of ether oxygens (including phenoxy) is 1. The minimum absolute atomic E-state index is 0.0446. The van der Waals surface area contributed by atoms with Crippen LogP contribution in [0.25, 0.3) is 0 Å². The standard InChI is InChI=1S/C12H22O4/c1-4-6-9-12(3,5-2)16-11(15)8-7-10(13)14/h4-9H2,1-3H3,(H,13,14). The normalized spacial score (nSPS) is 14.2. The number of esters is 1. The van der Waals surface area contributed by atoms with Gasteiger partial charge in [-0.1, -0.05) is 20.3 Å². The summed E-state index contributed by atoms with van der Waals surface area (Å²) in [5.41, 5.74) is -0.439. The van der Waals surface area contributed by atoms with Crippen LogP contribution in [0.15, 0.2) is 0 Å². The van der Waals surface area contributed by atoms with Gasteiger partial charge in [0.05, 0.1) is 12.8 Å². The Bertz CT molecular complexity index is 237. The van der Waals surface area contributed by atoms with Crippen molar-refractivity contribution in [1.82, 2.24) is 0 Å². The molecule has 0 aromatic rings. The van der Waals surface area contributed by atoms with Gasteiger partial charge >= 0.3 is 11.9 Å². The summed E-state index contributed by atoms with van der Waals surface area (Å²) in [6, 6.07) is 0. The summed E-state index contributed by atoms with van der Waals surface area (Å²) in [7, 11) is 0. The molecule has 0 saturated carbocycles. The third-order valence-electron chi connectivity index (χ3n) is 2.71. The van der Waals surface area contributed by atoms with Crippen molar-refractivity contribution in [2.45, 2.75) is 64.9 Å². The Morgan fingerprint density at radius 1 is 1.25 bits per heavy atom. The number of hydrogen-bond donors (Lipinski definition) is 1. The van der Waals surface area contributed by atoms with E-state index in [4.69, 9.17) is 9.84 Å². The molecule has 0 amide bonds. The monoisotopic (exact) mass is 230 g/mol. The maximum atomic E-state index is 11.4. The van der Waals surface area contributed by atoms with Gasteiger partial charge < -0.3 is 9.84 Å². The first-order chi connectivity index (χ1) is 7.43. The number of aliphatic carboxylic acids is 1. The van der Waals surface area contributed by atoms with Crippen LogP contribution in [-0.2, 0) is 14.3 Å². The van der Waals surface area contributed by atoms with Gasteiger partial charge in [0.25, 0.3) is 0 Å². The van der Waals surface area contributed by atoms with Gasteiger partial charge in [-0.25, -0.2) is 0 Å². The van der Waals surface area contributed by atoms with E-state index in [1.54, 1.807) is 0 Å². The molecule has 0 bridgehead atoms. The lowest BCUT2D eigenvalue weighted by Gasteiger charge is -2.28. The van der Waals surface area contributed by atoms with Crippen molar-refractivity contribution in [1.29, 1.82) is 0 Å². The summed E-state index contributed by atoms with van der Waals surface area (Å²) in [5.74, 6) is -1.38. The number of carboxylic acids is 1. The number of rotatable bonds is 8. The number of carboxylic acid groups (broad SMARTS) is 1. The Morgan fingerprint density at radius 3 is 2.31 bits per heavy atom. The fourth-order valence-corrected chi connectivity index (χ4v) is 1.39. The molecule has 4 heteroatoms. The third kappa shape index (κ3) is 6.43. The molecule has 0 saturated heterocycles. The first kappa shape index (κ1) is 14.9. The Balaban J connectivity index is 4.08. The molecule has 0 spiro atoms. The van der Waals surface area contributed by atoms with Crippen molar-refractivity contribution in [3.8, 4) is 0 Å². The summed E-state index contributed by atoms with van der Waals surface area (Å²) in [6.45, 7) is 5.96. The highest BCUT2D eigenvalue weighted by atomic mass is 16.6. The van der Waals surface area contributed by atoms with Gasteiger partial charge in [-0.3, -0.25) is 9.59 Å². The average molecular weight is 230 g/mol. The molecule has 0 heterocycles. The van der Waals surface area contributed by atoms with E-state index < -0.39 is 17.5 Å². The zero-order valence-corrected chi connectivity index (χ0v) is 10.4. The summed E-state index contributed by atoms with van der Waals surface area (Å²) >= 11 is 0. The summed E-state index contributed by atoms with van der Waals surface area (Å²) in [6.07, 6.45) is 3.45. The van der Waals surface area contributed by atoms with Crippen LogP contribution in [0.2, 0.25) is 0 Å². The Kier molecular flexibility index (Phi) is 6.77. The van der Waals surface area contributed by atoms with Crippen LogP contribution >= 0.6 is 0 Å². The molecule has 4 nitrogen and oxygen atoms in total. The molecule has 0 aliphatic rings. The molecule has 94 valence electrons. The highest BCUT2D eigenvalue weighted by molar-refractivity contribution is 5.76. The molecule has 0 radical (unpaired) electrons. The SMILES string of the molecule is CCCCC(C)(CC)OC(=O)CCC(=O)O. The zero-order valence-electron chi connectivity index (χ0n) is 10.4. The molecule has 16 heavy (non-hydrogen) atoms. The van der Waals surface area contributed by atoms with Gasteiger partial charge in [-0.2, -0.15) is 0 Å². The van der Waals surface area contributed by atoms with E-state index in [1.807, 2.05) is 13.8 Å². The lowest BCUT2D eigenvalue weighted by Crippen LogP contribution is -2.31. The summed E-state index contributed by atoms with van der Waals surface area (Å²) in [4.78, 5) is 21.7. The molecular weight excluding hydrogens is 208 g/mol. The van der Waals surface area contributed by atoms with Gasteiger partial charge in [0.1, 0.15) is 5.60 Å². The maximum absolute atomic E-state index is 11.4. The molecule has 0 rings (SSSR count). The zero-order chi connectivity index (χ0) is 12.6. The number of carbonyl (C=O) groups is 2. The van der Waals surface area contributed by atoms with E-state index in [-0.39, 0.29) is 12.8 Å². The maximum Gasteiger partial charge on any atom is 0.306 e. The Hall–Kier alpha value is -1.06. The molecule has 0 fully saturated rings.